The maximum Gasteiger partial charge on any atom is 0.194 e. The normalized spacial score (nSPS) is 51.7. The summed E-state index contributed by atoms with van der Waals surface area (Å²) in [4.78, 5) is 0. The first-order valence-electron chi connectivity index (χ1n) is 7.78. The largest absolute Gasteiger partial charge is 0.396 e. The van der Waals surface area contributed by atoms with E-state index in [0.29, 0.717) is 0 Å². The van der Waals surface area contributed by atoms with E-state index in [0.717, 1.165) is 0 Å². The highest BCUT2D eigenvalue weighted by atomic mass is 16.7. The van der Waals surface area contributed by atoms with Crippen molar-refractivity contribution >= 4 is 0 Å². The second-order valence-corrected chi connectivity index (χ2v) is 6.31. The van der Waals surface area contributed by atoms with Crippen LogP contribution in [-0.4, -0.2) is 97.5 Å². The van der Waals surface area contributed by atoms with E-state index in [1.54, 1.807) is 6.92 Å². The van der Waals surface area contributed by atoms with Crippen molar-refractivity contribution in [2.45, 2.75) is 68.3 Å². The molecule has 2 rings (SSSR count). The maximum absolute atomic E-state index is 10.2. The lowest BCUT2D eigenvalue weighted by Gasteiger charge is -2.46. The lowest BCUT2D eigenvalue weighted by Crippen LogP contribution is -2.64. The lowest BCUT2D eigenvalue weighted by molar-refractivity contribution is -0.338. The first-order valence-corrected chi connectivity index (χ1v) is 7.78. The number of ether oxygens (including phenoxy) is 2. The monoisotopic (exact) mass is 338 g/mol. The maximum atomic E-state index is 10.2. The minimum Gasteiger partial charge on any atom is -0.396 e. The summed E-state index contributed by atoms with van der Waals surface area (Å²) < 4.78 is 10.6. The van der Waals surface area contributed by atoms with E-state index in [4.69, 9.17) is 9.47 Å². The molecule has 9 atom stereocenters. The van der Waals surface area contributed by atoms with Crippen molar-refractivity contribution in [1.29, 1.82) is 0 Å². The van der Waals surface area contributed by atoms with Gasteiger partial charge in [0.1, 0.15) is 30.5 Å². The second-order valence-electron chi connectivity index (χ2n) is 6.31. The molecular formula is C14H26O9. The Kier molecular flexibility index (Phi) is 5.99. The Hall–Kier alpha value is -0.360. The highest BCUT2D eigenvalue weighted by Gasteiger charge is 2.51. The molecule has 0 amide bonds. The molecule has 9 nitrogen and oxygen atoms in total. The number of aliphatic hydroxyl groups excluding tert-OH is 6. The summed E-state index contributed by atoms with van der Waals surface area (Å²) in [5.41, 5.74) is 0. The van der Waals surface area contributed by atoms with Crippen LogP contribution in [0.3, 0.4) is 0 Å². The summed E-state index contributed by atoms with van der Waals surface area (Å²) in [6.45, 7) is 0.918. The van der Waals surface area contributed by atoms with Gasteiger partial charge < -0.3 is 45.2 Å². The SMILES string of the molecule is CCC1(O)OC[C@@H](O)C(O[C@@H]2CC(CO)[C@H](O)[C@H](O)C2O)[C@H]1O. The molecule has 0 aromatic carbocycles. The van der Waals surface area contributed by atoms with Crippen molar-refractivity contribution in [3.05, 3.63) is 0 Å². The van der Waals surface area contributed by atoms with Crippen molar-refractivity contribution in [2.24, 2.45) is 5.92 Å². The average molecular weight is 338 g/mol. The first kappa shape index (κ1) is 19.0. The minimum atomic E-state index is -1.88. The van der Waals surface area contributed by atoms with Crippen LogP contribution in [0.25, 0.3) is 0 Å². The number of hydrogen-bond acceptors (Lipinski definition) is 9. The molecule has 2 fully saturated rings. The van der Waals surface area contributed by atoms with Crippen LogP contribution in [0.5, 0.6) is 0 Å². The highest BCUT2D eigenvalue weighted by molar-refractivity contribution is 4.97. The summed E-state index contributed by atoms with van der Waals surface area (Å²) in [7, 11) is 0. The molecule has 0 bridgehead atoms. The van der Waals surface area contributed by atoms with E-state index in [1.165, 1.54) is 0 Å². The summed E-state index contributed by atoms with van der Waals surface area (Å²) in [5, 5.41) is 69.2. The van der Waals surface area contributed by atoms with Gasteiger partial charge >= 0.3 is 0 Å². The van der Waals surface area contributed by atoms with E-state index in [9.17, 15) is 35.7 Å². The average Bonchev–Trinajstić information content (AvgIpc) is 2.55. The molecule has 1 saturated heterocycles. The minimum absolute atomic E-state index is 0.0250. The predicted octanol–water partition coefficient (Wildman–Crippen LogP) is -3.31. The van der Waals surface area contributed by atoms with Gasteiger partial charge in [-0.1, -0.05) is 6.92 Å². The van der Waals surface area contributed by atoms with Gasteiger partial charge in [-0.2, -0.15) is 0 Å². The van der Waals surface area contributed by atoms with E-state index >= 15 is 0 Å². The van der Waals surface area contributed by atoms with Crippen LogP contribution in [0.4, 0.5) is 0 Å². The zero-order valence-corrected chi connectivity index (χ0v) is 12.9. The summed E-state index contributed by atoms with van der Waals surface area (Å²) in [6.07, 6.45) is -9.25. The number of aliphatic hydroxyl groups is 7. The molecule has 9 heteroatoms. The van der Waals surface area contributed by atoms with Gasteiger partial charge in [0, 0.05) is 18.9 Å². The van der Waals surface area contributed by atoms with E-state index in [-0.39, 0.29) is 19.4 Å². The first-order chi connectivity index (χ1) is 10.7. The van der Waals surface area contributed by atoms with Crippen LogP contribution in [-0.2, 0) is 9.47 Å². The predicted molar refractivity (Wildman–Crippen MR) is 75.1 cm³/mol. The molecule has 23 heavy (non-hydrogen) atoms. The Morgan fingerprint density at radius 1 is 1.09 bits per heavy atom. The van der Waals surface area contributed by atoms with Crippen LogP contribution >= 0.6 is 0 Å². The molecule has 7 N–H and O–H groups in total. The lowest BCUT2D eigenvalue weighted by atomic mass is 9.81. The fourth-order valence-corrected chi connectivity index (χ4v) is 3.15. The van der Waals surface area contributed by atoms with Gasteiger partial charge in [-0.15, -0.1) is 0 Å². The van der Waals surface area contributed by atoms with Crippen LogP contribution < -0.4 is 0 Å². The van der Waals surface area contributed by atoms with Crippen LogP contribution in [0.1, 0.15) is 19.8 Å². The van der Waals surface area contributed by atoms with Gasteiger partial charge in [0.25, 0.3) is 0 Å². The molecule has 0 spiro atoms. The van der Waals surface area contributed by atoms with E-state index in [1.807, 2.05) is 0 Å². The zero-order valence-electron chi connectivity index (χ0n) is 12.9. The van der Waals surface area contributed by atoms with Crippen molar-refractivity contribution < 1.29 is 45.2 Å². The molecule has 1 aliphatic carbocycles. The molecule has 2 aliphatic rings. The van der Waals surface area contributed by atoms with Crippen molar-refractivity contribution in [3.8, 4) is 0 Å². The Bertz CT molecular complexity index is 392. The Morgan fingerprint density at radius 3 is 2.30 bits per heavy atom. The third kappa shape index (κ3) is 3.53. The molecule has 0 aromatic heterocycles. The molecule has 4 unspecified atom stereocenters. The zero-order chi connectivity index (χ0) is 17.4. The Labute approximate surface area is 133 Å². The van der Waals surface area contributed by atoms with Gasteiger partial charge in [-0.05, 0) is 6.42 Å². The third-order valence-electron chi connectivity index (χ3n) is 4.83. The van der Waals surface area contributed by atoms with Crippen LogP contribution in [0, 0.1) is 5.92 Å². The third-order valence-corrected chi connectivity index (χ3v) is 4.83. The molecule has 136 valence electrons. The summed E-state index contributed by atoms with van der Waals surface area (Å²) in [5.74, 6) is -2.59. The van der Waals surface area contributed by atoms with Crippen molar-refractivity contribution in [1.82, 2.24) is 0 Å². The highest BCUT2D eigenvalue weighted by Crippen LogP contribution is 2.33. The molecule has 0 aromatic rings. The molecule has 1 saturated carbocycles. The Balaban J connectivity index is 2.12. The fraction of sp³-hybridized carbons (Fsp3) is 1.00. The van der Waals surface area contributed by atoms with E-state index in [2.05, 4.69) is 0 Å². The van der Waals surface area contributed by atoms with Crippen molar-refractivity contribution in [2.75, 3.05) is 13.2 Å². The van der Waals surface area contributed by atoms with Gasteiger partial charge in [0.2, 0.25) is 0 Å². The standard InChI is InChI=1S/C14H26O9/c1-2-14(21)13(20)12(7(16)5-22-14)23-8-3-6(4-15)9(17)11(19)10(8)18/h6-13,15-21H,2-5H2,1H3/t6?,7-,8-,9+,10?,11+,12?,13-,14?/m1/s1. The summed E-state index contributed by atoms with van der Waals surface area (Å²) in [6, 6.07) is 0. The summed E-state index contributed by atoms with van der Waals surface area (Å²) >= 11 is 0. The topological polar surface area (TPSA) is 160 Å². The number of hydrogen-bond donors (Lipinski definition) is 7. The van der Waals surface area contributed by atoms with Gasteiger partial charge in [0.05, 0.1) is 18.8 Å². The van der Waals surface area contributed by atoms with Crippen LogP contribution in [0.15, 0.2) is 0 Å². The Morgan fingerprint density at radius 2 is 1.74 bits per heavy atom. The van der Waals surface area contributed by atoms with Crippen LogP contribution in [0.2, 0.25) is 0 Å². The molecule has 1 heterocycles. The van der Waals surface area contributed by atoms with Gasteiger partial charge in [-0.25, -0.2) is 0 Å². The molecule has 1 aliphatic heterocycles. The van der Waals surface area contributed by atoms with E-state index < -0.39 is 61.0 Å². The molecule has 0 radical (unpaired) electrons. The molecular weight excluding hydrogens is 312 g/mol. The quantitative estimate of drug-likeness (QED) is 0.278. The number of rotatable bonds is 4. The fourth-order valence-electron chi connectivity index (χ4n) is 3.15. The van der Waals surface area contributed by atoms with Gasteiger partial charge in [0.15, 0.2) is 5.79 Å². The van der Waals surface area contributed by atoms with Gasteiger partial charge in [-0.3, -0.25) is 0 Å². The smallest absolute Gasteiger partial charge is 0.194 e. The van der Waals surface area contributed by atoms with Crippen molar-refractivity contribution in [3.63, 3.8) is 0 Å². The second kappa shape index (κ2) is 7.26.